The van der Waals surface area contributed by atoms with E-state index in [-0.39, 0.29) is 0 Å². The maximum Gasteiger partial charge on any atom is 0.160 e. The van der Waals surface area contributed by atoms with Crippen molar-refractivity contribution in [2.75, 3.05) is 0 Å². The summed E-state index contributed by atoms with van der Waals surface area (Å²) in [6.45, 7) is 2.00. The van der Waals surface area contributed by atoms with Crippen LogP contribution in [0.15, 0.2) is 4.47 Å². The first-order valence-electron chi connectivity index (χ1n) is 3.98. The minimum Gasteiger partial charge on any atom is -0.297 e. The first kappa shape index (κ1) is 8.45. The van der Waals surface area contributed by atoms with Gasteiger partial charge in [0.05, 0.1) is 4.88 Å². The third kappa shape index (κ3) is 1.25. The SMILES string of the molecule is Cc1c(C=O)sc(C2CC2)c1Br. The Bertz CT molecular complexity index is 326. The van der Waals surface area contributed by atoms with Gasteiger partial charge in [-0.2, -0.15) is 0 Å². The van der Waals surface area contributed by atoms with Gasteiger partial charge in [0, 0.05) is 9.35 Å². The zero-order valence-electron chi connectivity index (χ0n) is 6.76. The van der Waals surface area contributed by atoms with Crippen LogP contribution in [-0.4, -0.2) is 6.29 Å². The van der Waals surface area contributed by atoms with Crippen molar-refractivity contribution in [1.82, 2.24) is 0 Å². The second kappa shape index (κ2) is 2.96. The number of hydrogen-bond donors (Lipinski definition) is 0. The zero-order valence-corrected chi connectivity index (χ0v) is 9.17. The van der Waals surface area contributed by atoms with E-state index in [4.69, 9.17) is 0 Å². The molecule has 64 valence electrons. The number of thiophene rings is 1. The lowest BCUT2D eigenvalue weighted by Crippen LogP contribution is -1.75. The van der Waals surface area contributed by atoms with E-state index >= 15 is 0 Å². The van der Waals surface area contributed by atoms with Gasteiger partial charge < -0.3 is 0 Å². The van der Waals surface area contributed by atoms with E-state index in [1.54, 1.807) is 11.3 Å². The van der Waals surface area contributed by atoms with Gasteiger partial charge in [-0.15, -0.1) is 11.3 Å². The normalized spacial score (nSPS) is 16.5. The van der Waals surface area contributed by atoms with Crippen LogP contribution in [0, 0.1) is 6.92 Å². The van der Waals surface area contributed by atoms with Crippen LogP contribution in [-0.2, 0) is 0 Å². The van der Waals surface area contributed by atoms with E-state index in [0.29, 0.717) is 0 Å². The van der Waals surface area contributed by atoms with Gasteiger partial charge in [0.25, 0.3) is 0 Å². The van der Waals surface area contributed by atoms with Crippen molar-refractivity contribution in [3.05, 3.63) is 19.8 Å². The molecule has 0 saturated heterocycles. The van der Waals surface area contributed by atoms with Crippen molar-refractivity contribution in [3.63, 3.8) is 0 Å². The molecule has 1 saturated carbocycles. The maximum absolute atomic E-state index is 10.6. The Hall–Kier alpha value is -0.150. The predicted molar refractivity (Wildman–Crippen MR) is 54.1 cm³/mol. The molecule has 12 heavy (non-hydrogen) atoms. The molecule has 1 aromatic heterocycles. The minimum absolute atomic E-state index is 0.733. The molecule has 0 aliphatic heterocycles. The van der Waals surface area contributed by atoms with Gasteiger partial charge in [0.1, 0.15) is 0 Å². The average molecular weight is 245 g/mol. The summed E-state index contributed by atoms with van der Waals surface area (Å²) < 4.78 is 1.16. The smallest absolute Gasteiger partial charge is 0.160 e. The lowest BCUT2D eigenvalue weighted by Gasteiger charge is -1.91. The molecular weight excluding hydrogens is 236 g/mol. The Labute approximate surface area is 83.9 Å². The molecule has 2 rings (SSSR count). The lowest BCUT2D eigenvalue weighted by molar-refractivity contribution is 0.112. The van der Waals surface area contributed by atoms with E-state index in [0.717, 1.165) is 27.1 Å². The van der Waals surface area contributed by atoms with E-state index in [9.17, 15) is 4.79 Å². The Morgan fingerprint density at radius 2 is 2.25 bits per heavy atom. The highest BCUT2D eigenvalue weighted by atomic mass is 79.9. The van der Waals surface area contributed by atoms with E-state index in [1.807, 2.05) is 6.92 Å². The van der Waals surface area contributed by atoms with Crippen LogP contribution in [0.5, 0.6) is 0 Å². The van der Waals surface area contributed by atoms with Gasteiger partial charge in [-0.1, -0.05) is 0 Å². The molecule has 0 bridgehead atoms. The number of hydrogen-bond acceptors (Lipinski definition) is 2. The summed E-state index contributed by atoms with van der Waals surface area (Å²) in [5.74, 6) is 0.733. The average Bonchev–Trinajstić information content (AvgIpc) is 2.84. The topological polar surface area (TPSA) is 17.1 Å². The van der Waals surface area contributed by atoms with E-state index in [1.165, 1.54) is 17.7 Å². The largest absolute Gasteiger partial charge is 0.297 e. The Balaban J connectivity index is 2.48. The molecule has 0 unspecified atom stereocenters. The monoisotopic (exact) mass is 244 g/mol. The van der Waals surface area contributed by atoms with Crippen molar-refractivity contribution in [1.29, 1.82) is 0 Å². The summed E-state index contributed by atoms with van der Waals surface area (Å²) in [6, 6.07) is 0. The summed E-state index contributed by atoms with van der Waals surface area (Å²) in [4.78, 5) is 12.9. The minimum atomic E-state index is 0.733. The first-order valence-corrected chi connectivity index (χ1v) is 5.59. The third-order valence-electron chi connectivity index (χ3n) is 2.19. The standard InChI is InChI=1S/C9H9BrOS/c1-5-7(4-11)12-9(8(5)10)6-2-3-6/h4,6H,2-3H2,1H3. The van der Waals surface area contributed by atoms with E-state index < -0.39 is 0 Å². The molecule has 1 heterocycles. The molecule has 3 heteroatoms. The summed E-state index contributed by atoms with van der Waals surface area (Å²) in [5, 5.41) is 0. The third-order valence-corrected chi connectivity index (χ3v) is 4.85. The highest BCUT2D eigenvalue weighted by molar-refractivity contribution is 9.10. The van der Waals surface area contributed by atoms with Crippen LogP contribution in [0.2, 0.25) is 0 Å². The molecule has 0 atom stereocenters. The molecule has 1 aromatic rings. The maximum atomic E-state index is 10.6. The molecule has 1 fully saturated rings. The summed E-state index contributed by atoms with van der Waals surface area (Å²) >= 11 is 5.18. The highest BCUT2D eigenvalue weighted by Crippen LogP contribution is 2.48. The van der Waals surface area contributed by atoms with Gasteiger partial charge in [-0.3, -0.25) is 4.79 Å². The van der Waals surface area contributed by atoms with Gasteiger partial charge >= 0.3 is 0 Å². The van der Waals surface area contributed by atoms with E-state index in [2.05, 4.69) is 15.9 Å². The Morgan fingerprint density at radius 3 is 2.67 bits per heavy atom. The molecule has 1 aliphatic carbocycles. The number of aldehydes is 1. The molecule has 1 nitrogen and oxygen atoms in total. The van der Waals surface area contributed by atoms with Crippen molar-refractivity contribution in [2.24, 2.45) is 0 Å². The van der Waals surface area contributed by atoms with Crippen LogP contribution in [0.4, 0.5) is 0 Å². The summed E-state index contributed by atoms with van der Waals surface area (Å²) in [5.41, 5.74) is 1.11. The molecule has 0 N–H and O–H groups in total. The number of carbonyl (C=O) groups is 1. The fourth-order valence-electron chi connectivity index (χ4n) is 1.25. The molecule has 1 aliphatic rings. The van der Waals surface area contributed by atoms with Crippen molar-refractivity contribution >= 4 is 33.6 Å². The molecule has 0 spiro atoms. The number of halogens is 1. The molecule has 0 amide bonds. The fraction of sp³-hybridized carbons (Fsp3) is 0.444. The lowest BCUT2D eigenvalue weighted by atomic mass is 10.2. The number of rotatable bonds is 2. The number of carbonyl (C=O) groups excluding carboxylic acids is 1. The van der Waals surface area contributed by atoms with Crippen molar-refractivity contribution < 1.29 is 4.79 Å². The van der Waals surface area contributed by atoms with Crippen LogP contribution in [0.1, 0.15) is 38.9 Å². The molecule has 0 radical (unpaired) electrons. The van der Waals surface area contributed by atoms with Gasteiger partial charge in [-0.25, -0.2) is 0 Å². The van der Waals surface area contributed by atoms with Gasteiger partial charge in [-0.05, 0) is 47.2 Å². The van der Waals surface area contributed by atoms with Crippen LogP contribution in [0.25, 0.3) is 0 Å². The second-order valence-corrected chi connectivity index (χ2v) is 5.04. The van der Waals surface area contributed by atoms with Gasteiger partial charge in [0.2, 0.25) is 0 Å². The Kier molecular flexibility index (Phi) is 2.09. The summed E-state index contributed by atoms with van der Waals surface area (Å²) in [6.07, 6.45) is 3.53. The first-order chi connectivity index (χ1) is 5.74. The van der Waals surface area contributed by atoms with Crippen LogP contribution in [0.3, 0.4) is 0 Å². The van der Waals surface area contributed by atoms with Crippen LogP contribution < -0.4 is 0 Å². The van der Waals surface area contributed by atoms with Crippen molar-refractivity contribution in [2.45, 2.75) is 25.7 Å². The zero-order chi connectivity index (χ0) is 8.72. The fourth-order valence-corrected chi connectivity index (χ4v) is 3.35. The molecular formula is C9H9BrOS. The van der Waals surface area contributed by atoms with Gasteiger partial charge in [0.15, 0.2) is 6.29 Å². The quantitative estimate of drug-likeness (QED) is 0.728. The Morgan fingerprint density at radius 1 is 1.58 bits per heavy atom. The summed E-state index contributed by atoms with van der Waals surface area (Å²) in [7, 11) is 0. The van der Waals surface area contributed by atoms with Crippen LogP contribution >= 0.6 is 27.3 Å². The second-order valence-electron chi connectivity index (χ2n) is 3.16. The highest BCUT2D eigenvalue weighted by Gasteiger charge is 2.29. The molecule has 0 aromatic carbocycles. The van der Waals surface area contributed by atoms with Crippen molar-refractivity contribution in [3.8, 4) is 0 Å². The predicted octanol–water partition coefficient (Wildman–Crippen LogP) is 3.51.